The van der Waals surface area contributed by atoms with Crippen molar-refractivity contribution in [3.8, 4) is 0 Å². The topological polar surface area (TPSA) is 102 Å². The van der Waals surface area contributed by atoms with Gasteiger partial charge in [0.15, 0.2) is 5.13 Å². The fourth-order valence-electron chi connectivity index (χ4n) is 3.62. The predicted octanol–water partition coefficient (Wildman–Crippen LogP) is 3.46. The lowest BCUT2D eigenvalue weighted by molar-refractivity contribution is -0.0531. The molecule has 4 rings (SSSR count). The Morgan fingerprint density at radius 1 is 1.32 bits per heavy atom. The smallest absolute Gasteiger partial charge is 0.254 e. The first-order chi connectivity index (χ1) is 16.6. The number of rotatable bonds is 10. The molecule has 11 heteroatoms. The summed E-state index contributed by atoms with van der Waals surface area (Å²) in [5, 5.41) is 7.54. The molecule has 1 unspecified atom stereocenters. The fraction of sp³-hybridized carbons (Fsp3) is 0.478. The third kappa shape index (κ3) is 6.35. The van der Waals surface area contributed by atoms with Gasteiger partial charge in [-0.25, -0.2) is 15.0 Å². The monoisotopic (exact) mass is 502 g/mol. The molecule has 0 radical (unpaired) electrons. The molecule has 2 aromatic heterocycles. The lowest BCUT2D eigenvalue weighted by Gasteiger charge is -2.32. The van der Waals surface area contributed by atoms with Gasteiger partial charge in [0, 0.05) is 56.1 Å². The maximum atomic E-state index is 13.0. The van der Waals surface area contributed by atoms with Crippen LogP contribution in [0, 0.1) is 5.92 Å². The first kappa shape index (κ1) is 24.6. The Hall–Kier alpha value is -2.47. The quantitative estimate of drug-likeness (QED) is 0.404. The molecule has 9 nitrogen and oxygen atoms in total. The number of carbonyl (C=O) groups excluding carboxylic acids is 1. The van der Waals surface area contributed by atoms with Crippen molar-refractivity contribution < 1.29 is 14.3 Å². The van der Waals surface area contributed by atoms with Crippen molar-refractivity contribution in [2.75, 3.05) is 63.4 Å². The summed E-state index contributed by atoms with van der Waals surface area (Å²) in [5.74, 6) is 0.992. The van der Waals surface area contributed by atoms with E-state index in [1.54, 1.807) is 30.2 Å². The zero-order chi connectivity index (χ0) is 23.9. The lowest BCUT2D eigenvalue weighted by Crippen LogP contribution is -2.47. The molecule has 2 N–H and O–H groups in total. The van der Waals surface area contributed by atoms with Crippen LogP contribution in [-0.2, 0) is 9.47 Å². The molecule has 1 aromatic carbocycles. The minimum absolute atomic E-state index is 0.0155. The predicted molar refractivity (Wildman–Crippen MR) is 137 cm³/mol. The van der Waals surface area contributed by atoms with Crippen LogP contribution in [0.25, 0.3) is 10.2 Å². The molecule has 1 aliphatic heterocycles. The minimum atomic E-state index is -0.0802. The Morgan fingerprint density at radius 3 is 2.88 bits per heavy atom. The largest absolute Gasteiger partial charge is 0.382 e. The molecule has 1 amide bonds. The third-order valence-electron chi connectivity index (χ3n) is 5.49. The van der Waals surface area contributed by atoms with E-state index in [1.165, 1.54) is 0 Å². The van der Waals surface area contributed by atoms with Crippen molar-refractivity contribution in [1.82, 2.24) is 19.9 Å². The number of benzene rings is 1. The maximum absolute atomic E-state index is 13.0. The summed E-state index contributed by atoms with van der Waals surface area (Å²) < 4.78 is 11.8. The summed E-state index contributed by atoms with van der Waals surface area (Å²) in [6.07, 6.45) is 5.56. The van der Waals surface area contributed by atoms with Crippen LogP contribution in [-0.4, -0.2) is 84.6 Å². The number of hydrogen-bond acceptors (Lipinski definition) is 10. The molecular formula is C23H30N6O3S2. The Bertz CT molecular complexity index is 1090. The summed E-state index contributed by atoms with van der Waals surface area (Å²) in [6.45, 7) is 5.80. The number of thiazole rings is 1. The minimum Gasteiger partial charge on any atom is -0.382 e. The number of hydrogen-bond donors (Lipinski definition) is 2. The fourth-order valence-corrected chi connectivity index (χ4v) is 4.85. The van der Waals surface area contributed by atoms with E-state index in [-0.39, 0.29) is 12.0 Å². The summed E-state index contributed by atoms with van der Waals surface area (Å²) in [7, 11) is 1.64. The van der Waals surface area contributed by atoms with Gasteiger partial charge in [-0.3, -0.25) is 4.79 Å². The number of nitrogens with one attached hydrogen (secondary N) is 2. The third-order valence-corrected chi connectivity index (χ3v) is 7.15. The molecule has 3 heterocycles. The van der Waals surface area contributed by atoms with E-state index >= 15 is 0 Å². The van der Waals surface area contributed by atoms with E-state index in [1.807, 2.05) is 41.7 Å². The van der Waals surface area contributed by atoms with Crippen LogP contribution in [0.3, 0.4) is 0 Å². The second-order valence-corrected chi connectivity index (χ2v) is 10.1. The molecule has 0 spiro atoms. The van der Waals surface area contributed by atoms with Gasteiger partial charge in [0.2, 0.25) is 5.95 Å². The zero-order valence-electron chi connectivity index (χ0n) is 19.6. The number of amides is 1. The average Bonchev–Trinajstić information content (AvgIpc) is 3.28. The average molecular weight is 503 g/mol. The van der Waals surface area contributed by atoms with Gasteiger partial charge in [-0.05, 0) is 30.4 Å². The molecule has 0 bridgehead atoms. The highest BCUT2D eigenvalue weighted by atomic mass is 32.2. The first-order valence-electron chi connectivity index (χ1n) is 11.2. The number of aromatic nitrogens is 3. The molecule has 0 saturated carbocycles. The molecule has 0 aliphatic carbocycles. The first-order valence-corrected chi connectivity index (χ1v) is 13.2. The Kier molecular flexibility index (Phi) is 8.54. The van der Waals surface area contributed by atoms with Gasteiger partial charge < -0.3 is 25.0 Å². The van der Waals surface area contributed by atoms with E-state index in [0.717, 1.165) is 33.3 Å². The van der Waals surface area contributed by atoms with Crippen molar-refractivity contribution in [3.63, 3.8) is 0 Å². The number of carbonyl (C=O) groups is 1. The van der Waals surface area contributed by atoms with E-state index in [0.29, 0.717) is 43.7 Å². The van der Waals surface area contributed by atoms with Crippen LogP contribution >= 0.6 is 23.1 Å². The van der Waals surface area contributed by atoms with E-state index in [9.17, 15) is 4.79 Å². The number of nitrogens with zero attached hydrogens (tertiary/aromatic N) is 4. The highest BCUT2D eigenvalue weighted by Crippen LogP contribution is 2.27. The Labute approximate surface area is 207 Å². The van der Waals surface area contributed by atoms with Crippen LogP contribution < -0.4 is 10.6 Å². The Morgan fingerprint density at radius 2 is 2.12 bits per heavy atom. The maximum Gasteiger partial charge on any atom is 0.254 e. The summed E-state index contributed by atoms with van der Waals surface area (Å²) in [5.41, 5.74) is 1.56. The zero-order valence-corrected chi connectivity index (χ0v) is 21.2. The summed E-state index contributed by atoms with van der Waals surface area (Å²) in [6, 6.07) is 5.70. The van der Waals surface area contributed by atoms with Crippen LogP contribution in [0.2, 0.25) is 0 Å². The molecule has 3 aromatic rings. The number of anilines is 2. The van der Waals surface area contributed by atoms with Crippen molar-refractivity contribution in [2.45, 2.75) is 17.9 Å². The van der Waals surface area contributed by atoms with Gasteiger partial charge >= 0.3 is 0 Å². The van der Waals surface area contributed by atoms with Gasteiger partial charge in [0.05, 0.1) is 29.5 Å². The number of fused-ring (bicyclic) bond motifs is 1. The SMILES string of the molecule is COCC1CN(C(=O)c2ccc3nc(NC[C@@H](C)CNc4ncc(SC)cn4)sc3c2)CCO1. The van der Waals surface area contributed by atoms with Gasteiger partial charge in [-0.1, -0.05) is 18.3 Å². The van der Waals surface area contributed by atoms with E-state index < -0.39 is 0 Å². The summed E-state index contributed by atoms with van der Waals surface area (Å²) in [4.78, 5) is 29.2. The standard InChI is InChI=1S/C23H30N6O3S2/c1-15(9-24-22-25-11-18(33-3)12-26-22)10-27-23-28-19-5-4-16(8-20(19)34-23)21(30)29-6-7-32-17(13-29)14-31-2/h4-5,8,11-12,15,17H,6-7,9-10,13-14H2,1-3H3,(H,27,28)(H,24,25,26)/t15-,17?/m0/s1. The van der Waals surface area contributed by atoms with Crippen LogP contribution in [0.5, 0.6) is 0 Å². The van der Waals surface area contributed by atoms with Gasteiger partial charge in [0.25, 0.3) is 5.91 Å². The van der Waals surface area contributed by atoms with Crippen molar-refractivity contribution in [2.24, 2.45) is 5.92 Å². The van der Waals surface area contributed by atoms with Gasteiger partial charge in [0.1, 0.15) is 0 Å². The van der Waals surface area contributed by atoms with Gasteiger partial charge in [-0.2, -0.15) is 0 Å². The van der Waals surface area contributed by atoms with Crippen LogP contribution in [0.15, 0.2) is 35.5 Å². The molecular weight excluding hydrogens is 472 g/mol. The number of methoxy groups -OCH3 is 1. The van der Waals surface area contributed by atoms with Crippen molar-refractivity contribution >= 4 is 50.3 Å². The van der Waals surface area contributed by atoms with Crippen molar-refractivity contribution in [1.29, 1.82) is 0 Å². The number of morpholine rings is 1. The lowest BCUT2D eigenvalue weighted by atomic mass is 10.1. The molecule has 1 saturated heterocycles. The molecule has 1 aliphatic rings. The van der Waals surface area contributed by atoms with E-state index in [2.05, 4.69) is 32.5 Å². The highest BCUT2D eigenvalue weighted by molar-refractivity contribution is 7.98. The van der Waals surface area contributed by atoms with Crippen LogP contribution in [0.1, 0.15) is 17.3 Å². The van der Waals surface area contributed by atoms with Crippen LogP contribution in [0.4, 0.5) is 11.1 Å². The summed E-state index contributed by atoms with van der Waals surface area (Å²) >= 11 is 3.18. The second kappa shape index (κ2) is 11.8. The Balaban J connectivity index is 1.31. The molecule has 2 atom stereocenters. The molecule has 182 valence electrons. The number of ether oxygens (including phenoxy) is 2. The van der Waals surface area contributed by atoms with Gasteiger partial charge in [-0.15, -0.1) is 11.8 Å². The normalized spacial score (nSPS) is 17.0. The second-order valence-electron chi connectivity index (χ2n) is 8.21. The number of thioether (sulfide) groups is 1. The molecule has 34 heavy (non-hydrogen) atoms. The van der Waals surface area contributed by atoms with E-state index in [4.69, 9.17) is 9.47 Å². The van der Waals surface area contributed by atoms with Crippen molar-refractivity contribution in [3.05, 3.63) is 36.2 Å². The molecule has 1 fully saturated rings. The highest BCUT2D eigenvalue weighted by Gasteiger charge is 2.25.